The van der Waals surface area contributed by atoms with Gasteiger partial charge in [0.15, 0.2) is 0 Å². The van der Waals surface area contributed by atoms with Crippen molar-refractivity contribution in [2.75, 3.05) is 13.1 Å². The number of aromatic amines is 2. The van der Waals surface area contributed by atoms with Gasteiger partial charge in [0.25, 0.3) is 0 Å². The van der Waals surface area contributed by atoms with Gasteiger partial charge in [0.2, 0.25) is 5.43 Å². The second kappa shape index (κ2) is 11.3. The monoisotopic (exact) mass is 652 g/mol. The van der Waals surface area contributed by atoms with Crippen LogP contribution < -0.4 is 10.7 Å². The molecular weight excluding hydrogens is 618 g/mol. The first-order valence-electron chi connectivity index (χ1n) is 16.1. The Bertz CT molecular complexity index is 2270. The Hall–Kier alpha value is -5.10. The summed E-state index contributed by atoms with van der Waals surface area (Å²) in [5.41, 5.74) is 3.15. The molecule has 0 unspecified atom stereocenters. The Balaban J connectivity index is 1.10. The quantitative estimate of drug-likeness (QED) is 0.135. The lowest BCUT2D eigenvalue weighted by atomic mass is 10.0. The van der Waals surface area contributed by atoms with Crippen molar-refractivity contribution in [3.05, 3.63) is 82.8 Å². The Morgan fingerprint density at radius 1 is 0.896 bits per heavy atom. The number of ether oxygens (including phenoxy) is 1. The molecule has 0 spiro atoms. The summed E-state index contributed by atoms with van der Waals surface area (Å²) in [5, 5.41) is 5.65. The summed E-state index contributed by atoms with van der Waals surface area (Å²) in [7, 11) is 0. The summed E-state index contributed by atoms with van der Waals surface area (Å²) in [6, 6.07) is 14.1. The molecule has 8 rings (SSSR count). The van der Waals surface area contributed by atoms with Gasteiger partial charge in [0.1, 0.15) is 40.8 Å². The minimum absolute atomic E-state index is 0.0541. The molecule has 2 saturated heterocycles. The van der Waals surface area contributed by atoms with Crippen LogP contribution in [0.15, 0.2) is 70.1 Å². The van der Waals surface area contributed by atoms with Crippen molar-refractivity contribution in [3.8, 4) is 22.5 Å². The van der Waals surface area contributed by atoms with Crippen molar-refractivity contribution >= 4 is 38.8 Å². The highest BCUT2D eigenvalue weighted by atomic mass is 19.1. The molecule has 2 aliphatic heterocycles. The summed E-state index contributed by atoms with van der Waals surface area (Å²) in [4.78, 5) is 43.6. The highest BCUT2D eigenvalue weighted by Gasteiger charge is 2.40. The molecule has 3 N–H and O–H groups in total. The van der Waals surface area contributed by atoms with Gasteiger partial charge in [-0.1, -0.05) is 24.3 Å². The van der Waals surface area contributed by atoms with Gasteiger partial charge >= 0.3 is 6.09 Å². The molecule has 4 atom stereocenters. The molecule has 5 heterocycles. The average molecular weight is 653 g/mol. The highest BCUT2D eigenvalue weighted by Crippen LogP contribution is 2.36. The van der Waals surface area contributed by atoms with Gasteiger partial charge < -0.3 is 24.4 Å². The third-order valence-corrected chi connectivity index (χ3v) is 9.07. The van der Waals surface area contributed by atoms with Crippen LogP contribution in [0.1, 0.15) is 57.3 Å². The number of nitrogens with zero attached hydrogens (tertiary/aromatic N) is 3. The van der Waals surface area contributed by atoms with Crippen molar-refractivity contribution in [1.29, 1.82) is 0 Å². The van der Waals surface area contributed by atoms with Crippen LogP contribution in [0.3, 0.4) is 0 Å². The Morgan fingerprint density at radius 3 is 2.33 bits per heavy atom. The van der Waals surface area contributed by atoms with E-state index in [0.29, 0.717) is 52.2 Å². The summed E-state index contributed by atoms with van der Waals surface area (Å²) < 4.78 is 40.0. The number of rotatable bonds is 4. The molecule has 2 aliphatic rings. The van der Waals surface area contributed by atoms with E-state index in [0.717, 1.165) is 27.6 Å². The van der Waals surface area contributed by atoms with Crippen molar-refractivity contribution < 1.29 is 22.7 Å². The summed E-state index contributed by atoms with van der Waals surface area (Å²) >= 11 is 0. The van der Waals surface area contributed by atoms with Crippen LogP contribution in [0.25, 0.3) is 55.2 Å². The number of aromatic nitrogens is 4. The first-order valence-corrected chi connectivity index (χ1v) is 16.1. The van der Waals surface area contributed by atoms with Gasteiger partial charge in [-0.2, -0.15) is 0 Å². The molecule has 1 amide bonds. The van der Waals surface area contributed by atoms with E-state index in [1.807, 2.05) is 36.4 Å². The van der Waals surface area contributed by atoms with Gasteiger partial charge in [0.05, 0.1) is 53.2 Å². The van der Waals surface area contributed by atoms with Crippen LogP contribution in [-0.2, 0) is 4.74 Å². The van der Waals surface area contributed by atoms with Crippen molar-refractivity contribution in [2.24, 2.45) is 0 Å². The maximum Gasteiger partial charge on any atom is 0.411 e. The zero-order valence-electron chi connectivity index (χ0n) is 26.6. The molecule has 48 heavy (non-hydrogen) atoms. The highest BCUT2D eigenvalue weighted by molar-refractivity contribution is 6.09. The van der Waals surface area contributed by atoms with Crippen LogP contribution in [0, 0.1) is 0 Å². The zero-order chi connectivity index (χ0) is 33.3. The lowest BCUT2D eigenvalue weighted by Gasteiger charge is -2.27. The van der Waals surface area contributed by atoms with Crippen molar-refractivity contribution in [2.45, 2.75) is 63.6 Å². The number of carbonyl (C=O) groups is 1. The van der Waals surface area contributed by atoms with E-state index in [1.165, 1.54) is 4.90 Å². The van der Waals surface area contributed by atoms with E-state index in [4.69, 9.17) is 9.15 Å². The number of benzene rings is 3. The molecule has 2 fully saturated rings. The number of hydrogen-bond acceptors (Lipinski definition) is 7. The molecule has 6 aromatic rings. The molecule has 0 aliphatic carbocycles. The number of fused-ring (bicyclic) bond motifs is 4. The maximum absolute atomic E-state index is 14.5. The van der Waals surface area contributed by atoms with Gasteiger partial charge in [0, 0.05) is 30.5 Å². The number of alkyl halides is 2. The van der Waals surface area contributed by atoms with Crippen molar-refractivity contribution in [3.63, 3.8) is 0 Å². The molecule has 246 valence electrons. The van der Waals surface area contributed by atoms with Gasteiger partial charge in [-0.15, -0.1) is 0 Å². The third-order valence-electron chi connectivity index (χ3n) is 9.07. The molecular formula is C36H34F2N6O4. The molecule has 12 heteroatoms. The van der Waals surface area contributed by atoms with E-state index in [9.17, 15) is 18.4 Å². The normalized spacial score (nSPS) is 21.6. The van der Waals surface area contributed by atoms with Gasteiger partial charge in [-0.3, -0.25) is 9.69 Å². The number of likely N-dealkylation sites (tertiary alicyclic amines) is 1. The van der Waals surface area contributed by atoms with Crippen LogP contribution in [0.2, 0.25) is 0 Å². The zero-order valence-corrected chi connectivity index (χ0v) is 26.6. The predicted molar refractivity (Wildman–Crippen MR) is 178 cm³/mol. The fraction of sp³-hybridized carbons (Fsp3) is 0.333. The van der Waals surface area contributed by atoms with E-state index in [1.54, 1.807) is 45.3 Å². The van der Waals surface area contributed by atoms with Crippen LogP contribution >= 0.6 is 0 Å². The van der Waals surface area contributed by atoms with Crippen molar-refractivity contribution in [1.82, 2.24) is 30.2 Å². The lowest BCUT2D eigenvalue weighted by molar-refractivity contribution is 0.0211. The minimum Gasteiger partial charge on any atom is -0.456 e. The van der Waals surface area contributed by atoms with Crippen LogP contribution in [0.5, 0.6) is 0 Å². The minimum atomic E-state index is -1.18. The summed E-state index contributed by atoms with van der Waals surface area (Å²) in [6.45, 7) is 5.58. The van der Waals surface area contributed by atoms with Gasteiger partial charge in [-0.25, -0.2) is 23.5 Å². The topological polar surface area (TPSA) is 129 Å². The first-order chi connectivity index (χ1) is 23.0. The molecule has 3 aromatic carbocycles. The number of carbonyl (C=O) groups excluding carboxylic acids is 1. The number of hydrogen-bond donors (Lipinski definition) is 3. The molecule has 0 radical (unpaired) electrons. The average Bonchev–Trinajstić information content (AvgIpc) is 3.86. The van der Waals surface area contributed by atoms with Gasteiger partial charge in [-0.05, 0) is 55.8 Å². The Morgan fingerprint density at radius 2 is 1.60 bits per heavy atom. The summed E-state index contributed by atoms with van der Waals surface area (Å²) in [5.74, 6) is 1.16. The standard InChI is InChI=1S/C36H34F2N6O4/c1-36(2,3)48-35(46)44-17-22(38)13-28(44)34-41-16-26(43-34)19-4-7-23-18(10-19)6-9-29-31(23)32(45)24-8-5-20(11-30(24)47-29)27-15-40-33(42-27)25-12-21(37)14-39-25/h4-11,15-16,21-22,25,28,39H,12-14,17H2,1-3H3,(H,40,42)(H,41,43)/t21-,22-,25+,28+/m1/s1. The number of nitrogens with one attached hydrogen (secondary N) is 3. The molecule has 3 aromatic heterocycles. The fourth-order valence-electron chi connectivity index (χ4n) is 6.79. The Kier molecular flexibility index (Phi) is 7.09. The predicted octanol–water partition coefficient (Wildman–Crippen LogP) is 7.27. The van der Waals surface area contributed by atoms with E-state index in [2.05, 4.69) is 25.3 Å². The first kappa shape index (κ1) is 30.2. The largest absolute Gasteiger partial charge is 0.456 e. The van der Waals surface area contributed by atoms with Crippen LogP contribution in [-0.4, -0.2) is 62.0 Å². The fourth-order valence-corrected chi connectivity index (χ4v) is 6.79. The van der Waals surface area contributed by atoms with E-state index >= 15 is 0 Å². The smallest absolute Gasteiger partial charge is 0.411 e. The number of imidazole rings is 2. The maximum atomic E-state index is 14.5. The van der Waals surface area contributed by atoms with E-state index in [-0.39, 0.29) is 24.4 Å². The third kappa shape index (κ3) is 5.39. The number of H-pyrrole nitrogens is 2. The molecule has 0 saturated carbocycles. The number of amides is 1. The SMILES string of the molecule is CC(C)(C)OC(=O)N1C[C@H](F)C[C@H]1c1ncc(-c2ccc3c(ccc4oc5cc(-c6cnc([C@@H]7C[C@@H](F)CN7)[nH]6)ccc5c(=O)c43)c2)[nH]1. The number of halogens is 2. The van der Waals surface area contributed by atoms with Crippen LogP contribution in [0.4, 0.5) is 13.6 Å². The second-order valence-corrected chi connectivity index (χ2v) is 13.7. The molecule has 0 bridgehead atoms. The second-order valence-electron chi connectivity index (χ2n) is 13.7. The van der Waals surface area contributed by atoms with E-state index < -0.39 is 30.1 Å². The molecule has 10 nitrogen and oxygen atoms in total. The lowest BCUT2D eigenvalue weighted by Crippen LogP contribution is -2.37. The summed E-state index contributed by atoms with van der Waals surface area (Å²) in [6.07, 6.45) is 1.24. The Labute approximate surface area is 273 Å².